The Labute approximate surface area is 118 Å². The first-order chi connectivity index (χ1) is 9.33. The molecule has 2 nitrogen and oxygen atoms in total. The Morgan fingerprint density at radius 3 is 2.74 bits per heavy atom. The molecule has 1 aromatic rings. The van der Waals surface area contributed by atoms with Crippen molar-refractivity contribution in [3.8, 4) is 0 Å². The Morgan fingerprint density at radius 2 is 2.00 bits per heavy atom. The molecule has 0 bridgehead atoms. The Kier molecular flexibility index (Phi) is 5.87. The standard InChI is InChI=1S/C17H28N2/c1-3-8-17(18-4-2)14-19-12-7-11-15-9-5-6-10-16(15)13-19/h5-6,9-10,17-18H,3-4,7-8,11-14H2,1-2H3. The van der Waals surface area contributed by atoms with Crippen LogP contribution in [-0.4, -0.2) is 30.6 Å². The average Bonchev–Trinajstić information content (AvgIpc) is 2.61. The number of benzene rings is 1. The third-order valence-electron chi connectivity index (χ3n) is 4.04. The van der Waals surface area contributed by atoms with E-state index in [9.17, 15) is 0 Å². The van der Waals surface area contributed by atoms with Gasteiger partial charge in [-0.15, -0.1) is 0 Å². The first-order valence-corrected chi connectivity index (χ1v) is 7.86. The highest BCUT2D eigenvalue weighted by atomic mass is 15.1. The number of nitrogens with one attached hydrogen (secondary N) is 1. The van der Waals surface area contributed by atoms with Crippen LogP contribution in [0.15, 0.2) is 24.3 Å². The topological polar surface area (TPSA) is 15.3 Å². The van der Waals surface area contributed by atoms with Crippen LogP contribution in [0, 0.1) is 0 Å². The fourth-order valence-corrected chi connectivity index (χ4v) is 3.13. The van der Waals surface area contributed by atoms with Crippen molar-refractivity contribution in [3.63, 3.8) is 0 Å². The van der Waals surface area contributed by atoms with Gasteiger partial charge in [-0.2, -0.15) is 0 Å². The number of aryl methyl sites for hydroxylation is 1. The van der Waals surface area contributed by atoms with Crippen molar-refractivity contribution in [2.75, 3.05) is 19.6 Å². The fourth-order valence-electron chi connectivity index (χ4n) is 3.13. The quantitative estimate of drug-likeness (QED) is 0.845. The van der Waals surface area contributed by atoms with Crippen molar-refractivity contribution < 1.29 is 0 Å². The SMILES string of the molecule is CCCC(CN1CCCc2ccccc2C1)NCC. The molecule has 0 spiro atoms. The highest BCUT2D eigenvalue weighted by Crippen LogP contribution is 2.18. The first kappa shape index (κ1) is 14.5. The molecule has 1 heterocycles. The lowest BCUT2D eigenvalue weighted by Gasteiger charge is -2.27. The van der Waals surface area contributed by atoms with E-state index in [4.69, 9.17) is 0 Å². The molecule has 1 aromatic carbocycles. The third kappa shape index (κ3) is 4.32. The van der Waals surface area contributed by atoms with E-state index in [1.807, 2.05) is 0 Å². The van der Waals surface area contributed by atoms with Crippen molar-refractivity contribution in [1.82, 2.24) is 10.2 Å². The van der Waals surface area contributed by atoms with E-state index in [0.717, 1.165) is 13.1 Å². The van der Waals surface area contributed by atoms with Gasteiger partial charge in [0.05, 0.1) is 0 Å². The molecular weight excluding hydrogens is 232 g/mol. The molecule has 0 amide bonds. The molecule has 2 rings (SSSR count). The van der Waals surface area contributed by atoms with Gasteiger partial charge in [0, 0.05) is 19.1 Å². The molecule has 106 valence electrons. The minimum absolute atomic E-state index is 0.653. The monoisotopic (exact) mass is 260 g/mol. The minimum Gasteiger partial charge on any atom is -0.313 e. The van der Waals surface area contributed by atoms with Gasteiger partial charge in [0.2, 0.25) is 0 Å². The molecule has 1 aliphatic heterocycles. The summed E-state index contributed by atoms with van der Waals surface area (Å²) in [5, 5.41) is 3.63. The maximum atomic E-state index is 3.63. The maximum Gasteiger partial charge on any atom is 0.0237 e. The van der Waals surface area contributed by atoms with Gasteiger partial charge in [-0.05, 0) is 43.5 Å². The molecule has 0 aromatic heterocycles. The van der Waals surface area contributed by atoms with Crippen LogP contribution in [-0.2, 0) is 13.0 Å². The Balaban J connectivity index is 1.97. The van der Waals surface area contributed by atoms with Crippen LogP contribution in [0.5, 0.6) is 0 Å². The van der Waals surface area contributed by atoms with Gasteiger partial charge in [0.15, 0.2) is 0 Å². The van der Waals surface area contributed by atoms with Crippen LogP contribution >= 0.6 is 0 Å². The van der Waals surface area contributed by atoms with E-state index in [-0.39, 0.29) is 0 Å². The van der Waals surface area contributed by atoms with E-state index in [2.05, 4.69) is 48.3 Å². The van der Waals surface area contributed by atoms with Crippen molar-refractivity contribution in [2.24, 2.45) is 0 Å². The van der Waals surface area contributed by atoms with E-state index >= 15 is 0 Å². The zero-order chi connectivity index (χ0) is 13.5. The lowest BCUT2D eigenvalue weighted by Crippen LogP contribution is -2.40. The Hall–Kier alpha value is -0.860. The normalized spacial score (nSPS) is 17.8. The summed E-state index contributed by atoms with van der Waals surface area (Å²) in [6.45, 7) is 9.12. The predicted molar refractivity (Wildman–Crippen MR) is 82.4 cm³/mol. The Morgan fingerprint density at radius 1 is 1.21 bits per heavy atom. The molecule has 0 saturated carbocycles. The molecule has 19 heavy (non-hydrogen) atoms. The van der Waals surface area contributed by atoms with Gasteiger partial charge in [-0.25, -0.2) is 0 Å². The van der Waals surface area contributed by atoms with Crippen LogP contribution in [0.1, 0.15) is 44.2 Å². The van der Waals surface area contributed by atoms with Crippen molar-refractivity contribution >= 4 is 0 Å². The number of hydrogen-bond acceptors (Lipinski definition) is 2. The summed E-state index contributed by atoms with van der Waals surface area (Å²) in [5.41, 5.74) is 3.09. The summed E-state index contributed by atoms with van der Waals surface area (Å²) in [5.74, 6) is 0. The molecule has 0 fully saturated rings. The van der Waals surface area contributed by atoms with Crippen LogP contribution < -0.4 is 5.32 Å². The minimum atomic E-state index is 0.653. The van der Waals surface area contributed by atoms with Gasteiger partial charge >= 0.3 is 0 Å². The molecule has 0 radical (unpaired) electrons. The zero-order valence-electron chi connectivity index (χ0n) is 12.5. The predicted octanol–water partition coefficient (Wildman–Crippen LogP) is 3.21. The lowest BCUT2D eigenvalue weighted by atomic mass is 10.0. The number of hydrogen-bond donors (Lipinski definition) is 1. The molecule has 1 atom stereocenters. The molecule has 0 saturated heterocycles. The van der Waals surface area contributed by atoms with E-state index in [1.54, 1.807) is 5.56 Å². The van der Waals surface area contributed by atoms with Crippen LogP contribution in [0.2, 0.25) is 0 Å². The summed E-state index contributed by atoms with van der Waals surface area (Å²) in [6, 6.07) is 9.60. The van der Waals surface area contributed by atoms with Crippen LogP contribution in [0.25, 0.3) is 0 Å². The van der Waals surface area contributed by atoms with Gasteiger partial charge in [-0.3, -0.25) is 4.90 Å². The summed E-state index contributed by atoms with van der Waals surface area (Å²) >= 11 is 0. The average molecular weight is 260 g/mol. The summed E-state index contributed by atoms with van der Waals surface area (Å²) in [7, 11) is 0. The van der Waals surface area contributed by atoms with Crippen LogP contribution in [0.4, 0.5) is 0 Å². The van der Waals surface area contributed by atoms with Gasteiger partial charge < -0.3 is 5.32 Å². The largest absolute Gasteiger partial charge is 0.313 e. The Bertz CT molecular complexity index is 369. The number of rotatable bonds is 6. The van der Waals surface area contributed by atoms with Gasteiger partial charge in [-0.1, -0.05) is 44.5 Å². The second-order valence-electron chi connectivity index (χ2n) is 5.65. The lowest BCUT2D eigenvalue weighted by molar-refractivity contribution is 0.232. The van der Waals surface area contributed by atoms with Crippen LogP contribution in [0.3, 0.4) is 0 Å². The summed E-state index contributed by atoms with van der Waals surface area (Å²) in [6.07, 6.45) is 5.09. The number of fused-ring (bicyclic) bond motifs is 1. The molecule has 0 aliphatic carbocycles. The molecule has 1 unspecified atom stereocenters. The van der Waals surface area contributed by atoms with Crippen molar-refractivity contribution in [1.29, 1.82) is 0 Å². The molecule has 1 N–H and O–H groups in total. The molecular formula is C17H28N2. The van der Waals surface area contributed by atoms with Gasteiger partial charge in [0.1, 0.15) is 0 Å². The van der Waals surface area contributed by atoms with Gasteiger partial charge in [0.25, 0.3) is 0 Å². The third-order valence-corrected chi connectivity index (χ3v) is 4.04. The number of nitrogens with zero attached hydrogens (tertiary/aromatic N) is 1. The zero-order valence-corrected chi connectivity index (χ0v) is 12.5. The first-order valence-electron chi connectivity index (χ1n) is 7.86. The second kappa shape index (κ2) is 7.66. The highest BCUT2D eigenvalue weighted by molar-refractivity contribution is 5.28. The van der Waals surface area contributed by atoms with E-state index in [1.165, 1.54) is 44.3 Å². The second-order valence-corrected chi connectivity index (χ2v) is 5.65. The van der Waals surface area contributed by atoms with E-state index < -0.39 is 0 Å². The smallest absolute Gasteiger partial charge is 0.0237 e. The molecule has 2 heteroatoms. The number of likely N-dealkylation sites (N-methyl/N-ethyl adjacent to an activating group) is 1. The molecule has 1 aliphatic rings. The summed E-state index contributed by atoms with van der Waals surface area (Å²) < 4.78 is 0. The highest BCUT2D eigenvalue weighted by Gasteiger charge is 2.17. The fraction of sp³-hybridized carbons (Fsp3) is 0.647. The van der Waals surface area contributed by atoms with Crippen molar-refractivity contribution in [2.45, 2.75) is 52.1 Å². The van der Waals surface area contributed by atoms with E-state index in [0.29, 0.717) is 6.04 Å². The van der Waals surface area contributed by atoms with Crippen molar-refractivity contribution in [3.05, 3.63) is 35.4 Å². The summed E-state index contributed by atoms with van der Waals surface area (Å²) in [4.78, 5) is 2.63. The maximum absolute atomic E-state index is 3.63.